The Kier molecular flexibility index (Phi) is 2.13. The van der Waals surface area contributed by atoms with Crippen molar-refractivity contribution >= 4 is 17.3 Å². The molecule has 0 atom stereocenters. The van der Waals surface area contributed by atoms with Crippen LogP contribution in [0.2, 0.25) is 0 Å². The standard InChI is InChI=1S/C10H9NO2S/c1-6-4-7(5-14-6)8-2-3-9(11-8)10(12)13/h2-5,11H,1H3,(H,12,13). The van der Waals surface area contributed by atoms with Crippen molar-refractivity contribution in [2.45, 2.75) is 6.92 Å². The molecule has 0 fully saturated rings. The molecule has 2 aromatic rings. The van der Waals surface area contributed by atoms with E-state index in [1.54, 1.807) is 23.5 Å². The molecule has 0 radical (unpaired) electrons. The first-order chi connectivity index (χ1) is 6.66. The average Bonchev–Trinajstić information content (AvgIpc) is 2.70. The van der Waals surface area contributed by atoms with Gasteiger partial charge in [0.25, 0.3) is 0 Å². The molecule has 72 valence electrons. The van der Waals surface area contributed by atoms with E-state index in [0.29, 0.717) is 0 Å². The number of carboxylic acid groups (broad SMARTS) is 1. The number of thiophene rings is 1. The third-order valence-electron chi connectivity index (χ3n) is 1.96. The molecular formula is C10H9NO2S. The predicted octanol–water partition coefficient (Wildman–Crippen LogP) is 2.75. The molecule has 0 aliphatic rings. The zero-order valence-corrected chi connectivity index (χ0v) is 8.39. The fraction of sp³-hybridized carbons (Fsp3) is 0.100. The molecule has 0 bridgehead atoms. The number of aromatic carboxylic acids is 1. The Morgan fingerprint density at radius 3 is 2.79 bits per heavy atom. The summed E-state index contributed by atoms with van der Waals surface area (Å²) < 4.78 is 0. The van der Waals surface area contributed by atoms with Crippen LogP contribution in [0.5, 0.6) is 0 Å². The smallest absolute Gasteiger partial charge is 0.352 e. The molecule has 0 amide bonds. The van der Waals surface area contributed by atoms with E-state index in [2.05, 4.69) is 4.98 Å². The summed E-state index contributed by atoms with van der Waals surface area (Å²) in [5, 5.41) is 10.7. The molecule has 0 saturated heterocycles. The van der Waals surface area contributed by atoms with Crippen molar-refractivity contribution < 1.29 is 9.90 Å². The summed E-state index contributed by atoms with van der Waals surface area (Å²) in [6.07, 6.45) is 0. The zero-order chi connectivity index (χ0) is 10.1. The highest BCUT2D eigenvalue weighted by molar-refractivity contribution is 7.10. The second-order valence-corrected chi connectivity index (χ2v) is 4.15. The van der Waals surface area contributed by atoms with Crippen LogP contribution >= 0.6 is 11.3 Å². The van der Waals surface area contributed by atoms with Gasteiger partial charge in [-0.15, -0.1) is 11.3 Å². The Hall–Kier alpha value is -1.55. The maximum absolute atomic E-state index is 10.6. The molecule has 2 N–H and O–H groups in total. The predicted molar refractivity (Wildman–Crippen MR) is 55.8 cm³/mol. The van der Waals surface area contributed by atoms with Crippen LogP contribution in [0.1, 0.15) is 15.4 Å². The van der Waals surface area contributed by atoms with Crippen molar-refractivity contribution in [2.75, 3.05) is 0 Å². The van der Waals surface area contributed by atoms with Gasteiger partial charge in [0.1, 0.15) is 5.69 Å². The van der Waals surface area contributed by atoms with Crippen LogP contribution in [0.4, 0.5) is 0 Å². The van der Waals surface area contributed by atoms with Gasteiger partial charge in [-0.1, -0.05) is 0 Å². The van der Waals surface area contributed by atoms with Crippen LogP contribution in [0.25, 0.3) is 11.3 Å². The lowest BCUT2D eigenvalue weighted by Gasteiger charge is -1.90. The van der Waals surface area contributed by atoms with Gasteiger partial charge in [-0.25, -0.2) is 4.79 Å². The van der Waals surface area contributed by atoms with Gasteiger partial charge in [-0.2, -0.15) is 0 Å². The van der Waals surface area contributed by atoms with E-state index in [0.717, 1.165) is 11.3 Å². The third kappa shape index (κ3) is 1.56. The molecule has 0 unspecified atom stereocenters. The normalized spacial score (nSPS) is 10.4. The van der Waals surface area contributed by atoms with E-state index in [-0.39, 0.29) is 5.69 Å². The number of carboxylic acids is 1. The van der Waals surface area contributed by atoms with E-state index in [1.807, 2.05) is 18.4 Å². The maximum atomic E-state index is 10.6. The molecular weight excluding hydrogens is 198 g/mol. The second kappa shape index (κ2) is 3.31. The molecule has 4 heteroatoms. The molecule has 14 heavy (non-hydrogen) atoms. The van der Waals surface area contributed by atoms with Gasteiger partial charge >= 0.3 is 5.97 Å². The van der Waals surface area contributed by atoms with Gasteiger partial charge in [-0.05, 0) is 25.1 Å². The highest BCUT2D eigenvalue weighted by atomic mass is 32.1. The van der Waals surface area contributed by atoms with Gasteiger partial charge in [0.05, 0.1) is 0 Å². The number of hydrogen-bond acceptors (Lipinski definition) is 2. The van der Waals surface area contributed by atoms with E-state index in [9.17, 15) is 4.79 Å². The molecule has 0 aliphatic heterocycles. The van der Waals surface area contributed by atoms with Crippen LogP contribution in [-0.2, 0) is 0 Å². The number of H-pyrrole nitrogens is 1. The Bertz CT molecular complexity index is 470. The first-order valence-electron chi connectivity index (χ1n) is 4.14. The van der Waals surface area contributed by atoms with Crippen molar-refractivity contribution in [3.8, 4) is 11.3 Å². The van der Waals surface area contributed by atoms with Crippen molar-refractivity contribution in [1.82, 2.24) is 4.98 Å². The molecule has 0 saturated carbocycles. The van der Waals surface area contributed by atoms with Crippen molar-refractivity contribution in [3.63, 3.8) is 0 Å². The van der Waals surface area contributed by atoms with E-state index in [4.69, 9.17) is 5.11 Å². The van der Waals surface area contributed by atoms with Gasteiger partial charge in [0, 0.05) is 21.5 Å². The largest absolute Gasteiger partial charge is 0.477 e. The van der Waals surface area contributed by atoms with Gasteiger partial charge in [0.2, 0.25) is 0 Å². The highest BCUT2D eigenvalue weighted by Gasteiger charge is 2.07. The fourth-order valence-corrected chi connectivity index (χ4v) is 1.98. The third-order valence-corrected chi connectivity index (χ3v) is 2.82. The topological polar surface area (TPSA) is 53.1 Å². The van der Waals surface area contributed by atoms with Gasteiger partial charge in [0.15, 0.2) is 0 Å². The molecule has 2 heterocycles. The van der Waals surface area contributed by atoms with E-state index in [1.165, 1.54) is 4.88 Å². The van der Waals surface area contributed by atoms with E-state index >= 15 is 0 Å². The van der Waals surface area contributed by atoms with Gasteiger partial charge in [-0.3, -0.25) is 0 Å². The SMILES string of the molecule is Cc1cc(-c2ccc(C(=O)O)[nH]2)cs1. The fourth-order valence-electron chi connectivity index (χ4n) is 1.27. The minimum absolute atomic E-state index is 0.226. The summed E-state index contributed by atoms with van der Waals surface area (Å²) in [6.45, 7) is 2.02. The molecule has 3 nitrogen and oxygen atoms in total. The first kappa shape index (κ1) is 9.02. The number of aromatic nitrogens is 1. The van der Waals surface area contributed by atoms with Crippen LogP contribution in [-0.4, -0.2) is 16.1 Å². The summed E-state index contributed by atoms with van der Waals surface area (Å²) in [6, 6.07) is 5.39. The Morgan fingerprint density at radius 2 is 2.29 bits per heavy atom. The first-order valence-corrected chi connectivity index (χ1v) is 5.02. The molecule has 2 aromatic heterocycles. The summed E-state index contributed by atoms with van der Waals surface area (Å²) in [4.78, 5) is 14.7. The molecule has 0 aromatic carbocycles. The van der Waals surface area contributed by atoms with Crippen LogP contribution in [0.3, 0.4) is 0 Å². The van der Waals surface area contributed by atoms with Crippen LogP contribution < -0.4 is 0 Å². The number of nitrogens with one attached hydrogen (secondary N) is 1. The summed E-state index contributed by atoms with van der Waals surface area (Å²) in [5.74, 6) is -0.928. The number of aryl methyl sites for hydroxylation is 1. The molecule has 0 spiro atoms. The highest BCUT2D eigenvalue weighted by Crippen LogP contribution is 2.24. The Morgan fingerprint density at radius 1 is 1.50 bits per heavy atom. The Balaban J connectivity index is 2.38. The molecule has 0 aliphatic carbocycles. The van der Waals surface area contributed by atoms with Crippen molar-refractivity contribution in [2.24, 2.45) is 0 Å². The monoisotopic (exact) mass is 207 g/mol. The summed E-state index contributed by atoms with van der Waals surface area (Å²) >= 11 is 1.65. The van der Waals surface area contributed by atoms with Gasteiger partial charge < -0.3 is 10.1 Å². The maximum Gasteiger partial charge on any atom is 0.352 e. The number of aromatic amines is 1. The lowest BCUT2D eigenvalue weighted by molar-refractivity contribution is 0.0691. The summed E-state index contributed by atoms with van der Waals surface area (Å²) in [7, 11) is 0. The minimum Gasteiger partial charge on any atom is -0.477 e. The molecule has 2 rings (SSSR count). The van der Waals surface area contributed by atoms with Crippen molar-refractivity contribution in [1.29, 1.82) is 0 Å². The number of rotatable bonds is 2. The van der Waals surface area contributed by atoms with E-state index < -0.39 is 5.97 Å². The summed E-state index contributed by atoms with van der Waals surface area (Å²) in [5.41, 5.74) is 2.12. The Labute approximate surface area is 85.0 Å². The second-order valence-electron chi connectivity index (χ2n) is 3.04. The van der Waals surface area contributed by atoms with Crippen molar-refractivity contribution in [3.05, 3.63) is 34.2 Å². The lowest BCUT2D eigenvalue weighted by Crippen LogP contribution is -1.95. The number of hydrogen-bond donors (Lipinski definition) is 2. The quantitative estimate of drug-likeness (QED) is 0.795. The minimum atomic E-state index is -0.928. The van der Waals surface area contributed by atoms with Crippen LogP contribution in [0, 0.1) is 6.92 Å². The number of carbonyl (C=O) groups is 1. The zero-order valence-electron chi connectivity index (χ0n) is 7.57. The lowest BCUT2D eigenvalue weighted by atomic mass is 10.2. The van der Waals surface area contributed by atoms with Crippen LogP contribution in [0.15, 0.2) is 23.6 Å². The average molecular weight is 207 g/mol.